The second kappa shape index (κ2) is 10.0. The highest BCUT2D eigenvalue weighted by molar-refractivity contribution is 7.80. The molecule has 0 aromatic heterocycles. The van der Waals surface area contributed by atoms with E-state index < -0.39 is 0 Å². The van der Waals surface area contributed by atoms with Crippen molar-refractivity contribution in [2.24, 2.45) is 0 Å². The summed E-state index contributed by atoms with van der Waals surface area (Å²) >= 11 is 5.64. The van der Waals surface area contributed by atoms with Crippen LogP contribution in [0.15, 0.2) is 24.3 Å². The fourth-order valence-electron chi connectivity index (χ4n) is 4.15. The first kappa shape index (κ1) is 20.1. The van der Waals surface area contributed by atoms with Crippen LogP contribution in [-0.4, -0.2) is 34.5 Å². The SMILES string of the molecule is O=C(CNC(=S)N(Cc1ccc(F)cc1)C1CCCCC1)NC1CCCC1. The Morgan fingerprint density at radius 3 is 2.33 bits per heavy atom. The Balaban J connectivity index is 1.57. The molecule has 0 heterocycles. The Bertz CT molecular complexity index is 625. The second-order valence-electron chi connectivity index (χ2n) is 7.75. The molecule has 0 atom stereocenters. The number of amides is 1. The van der Waals surface area contributed by atoms with Crippen LogP contribution in [-0.2, 0) is 11.3 Å². The fourth-order valence-corrected chi connectivity index (χ4v) is 4.44. The van der Waals surface area contributed by atoms with Crippen LogP contribution < -0.4 is 10.6 Å². The lowest BCUT2D eigenvalue weighted by atomic mass is 9.94. The molecule has 2 aliphatic rings. The third kappa shape index (κ3) is 6.16. The van der Waals surface area contributed by atoms with Crippen LogP contribution in [0, 0.1) is 5.82 Å². The van der Waals surface area contributed by atoms with Crippen molar-refractivity contribution in [2.45, 2.75) is 76.4 Å². The summed E-state index contributed by atoms with van der Waals surface area (Å²) in [6.07, 6.45) is 10.4. The highest BCUT2D eigenvalue weighted by Gasteiger charge is 2.24. The lowest BCUT2D eigenvalue weighted by Gasteiger charge is -2.36. The monoisotopic (exact) mass is 391 g/mol. The molecule has 0 aliphatic heterocycles. The Morgan fingerprint density at radius 1 is 1.04 bits per heavy atom. The van der Waals surface area contributed by atoms with E-state index in [1.54, 1.807) is 12.1 Å². The van der Waals surface area contributed by atoms with Gasteiger partial charge in [0.25, 0.3) is 0 Å². The number of carbonyl (C=O) groups is 1. The zero-order chi connectivity index (χ0) is 19.1. The van der Waals surface area contributed by atoms with E-state index in [4.69, 9.17) is 12.2 Å². The molecule has 0 bridgehead atoms. The molecule has 0 spiro atoms. The first-order valence-electron chi connectivity index (χ1n) is 10.2. The van der Waals surface area contributed by atoms with E-state index in [1.165, 1.54) is 44.2 Å². The lowest BCUT2D eigenvalue weighted by molar-refractivity contribution is -0.120. The van der Waals surface area contributed by atoms with Gasteiger partial charge in [0, 0.05) is 18.6 Å². The van der Waals surface area contributed by atoms with Gasteiger partial charge in [-0.2, -0.15) is 0 Å². The fraction of sp³-hybridized carbons (Fsp3) is 0.619. The molecule has 2 saturated carbocycles. The number of nitrogens with zero attached hydrogens (tertiary/aromatic N) is 1. The molecule has 2 N–H and O–H groups in total. The van der Waals surface area contributed by atoms with E-state index >= 15 is 0 Å². The maximum Gasteiger partial charge on any atom is 0.239 e. The molecule has 0 unspecified atom stereocenters. The maximum atomic E-state index is 13.2. The Labute approximate surface area is 166 Å². The minimum Gasteiger partial charge on any atom is -0.353 e. The molecule has 4 nitrogen and oxygen atoms in total. The molecule has 3 rings (SSSR count). The van der Waals surface area contributed by atoms with Crippen LogP contribution in [0.4, 0.5) is 4.39 Å². The summed E-state index contributed by atoms with van der Waals surface area (Å²) in [4.78, 5) is 14.4. The van der Waals surface area contributed by atoms with Gasteiger partial charge in [-0.1, -0.05) is 44.2 Å². The summed E-state index contributed by atoms with van der Waals surface area (Å²) < 4.78 is 13.2. The molecule has 27 heavy (non-hydrogen) atoms. The van der Waals surface area contributed by atoms with Gasteiger partial charge < -0.3 is 15.5 Å². The molecule has 1 aromatic carbocycles. The average Bonchev–Trinajstić information content (AvgIpc) is 3.19. The van der Waals surface area contributed by atoms with E-state index in [9.17, 15) is 9.18 Å². The molecule has 1 aromatic rings. The van der Waals surface area contributed by atoms with E-state index in [1.807, 2.05) is 0 Å². The summed E-state index contributed by atoms with van der Waals surface area (Å²) in [6, 6.07) is 7.28. The van der Waals surface area contributed by atoms with Crippen molar-refractivity contribution in [2.75, 3.05) is 6.54 Å². The Morgan fingerprint density at radius 2 is 1.67 bits per heavy atom. The number of hydrogen-bond donors (Lipinski definition) is 2. The number of hydrogen-bond acceptors (Lipinski definition) is 2. The van der Waals surface area contributed by atoms with Gasteiger partial charge in [0.2, 0.25) is 5.91 Å². The summed E-state index contributed by atoms with van der Waals surface area (Å²) in [5, 5.41) is 6.86. The predicted molar refractivity (Wildman–Crippen MR) is 110 cm³/mol. The van der Waals surface area contributed by atoms with Crippen LogP contribution >= 0.6 is 12.2 Å². The van der Waals surface area contributed by atoms with Crippen molar-refractivity contribution in [3.63, 3.8) is 0 Å². The van der Waals surface area contributed by atoms with E-state index in [0.29, 0.717) is 23.7 Å². The number of thiocarbonyl (C=S) groups is 1. The molecular formula is C21H30FN3OS. The van der Waals surface area contributed by atoms with Crippen LogP contribution in [0.1, 0.15) is 63.4 Å². The minimum atomic E-state index is -0.229. The summed E-state index contributed by atoms with van der Waals surface area (Å²) in [5.41, 5.74) is 1.03. The standard InChI is InChI=1S/C21H30FN3OS/c22-17-12-10-16(11-13-17)15-25(19-8-2-1-3-9-19)21(27)23-14-20(26)24-18-6-4-5-7-18/h10-13,18-19H,1-9,14-15H2,(H,23,27)(H,24,26). The first-order chi connectivity index (χ1) is 13.1. The number of halogens is 1. The van der Waals surface area contributed by atoms with Gasteiger partial charge in [-0.05, 0) is 55.6 Å². The predicted octanol–water partition coefficient (Wildman–Crippen LogP) is 3.89. The average molecular weight is 392 g/mol. The number of carbonyl (C=O) groups excluding carboxylic acids is 1. The van der Waals surface area contributed by atoms with Crippen molar-refractivity contribution in [1.29, 1.82) is 0 Å². The van der Waals surface area contributed by atoms with Crippen molar-refractivity contribution in [3.05, 3.63) is 35.6 Å². The second-order valence-corrected chi connectivity index (χ2v) is 8.14. The normalized spacial score (nSPS) is 18.3. The zero-order valence-electron chi connectivity index (χ0n) is 15.9. The van der Waals surface area contributed by atoms with Crippen molar-refractivity contribution >= 4 is 23.2 Å². The maximum absolute atomic E-state index is 13.2. The van der Waals surface area contributed by atoms with Gasteiger partial charge in [-0.15, -0.1) is 0 Å². The minimum absolute atomic E-state index is 0.00891. The first-order valence-corrected chi connectivity index (χ1v) is 10.6. The molecular weight excluding hydrogens is 361 g/mol. The highest BCUT2D eigenvalue weighted by atomic mass is 32.1. The van der Waals surface area contributed by atoms with Crippen molar-refractivity contribution in [3.8, 4) is 0 Å². The van der Waals surface area contributed by atoms with E-state index in [-0.39, 0.29) is 18.3 Å². The van der Waals surface area contributed by atoms with Gasteiger partial charge >= 0.3 is 0 Å². The highest BCUT2D eigenvalue weighted by Crippen LogP contribution is 2.24. The largest absolute Gasteiger partial charge is 0.353 e. The van der Waals surface area contributed by atoms with E-state index in [2.05, 4.69) is 15.5 Å². The third-order valence-electron chi connectivity index (χ3n) is 5.66. The molecule has 1 amide bonds. The van der Waals surface area contributed by atoms with Gasteiger partial charge in [-0.25, -0.2) is 4.39 Å². The Hall–Kier alpha value is -1.69. The molecule has 2 aliphatic carbocycles. The Kier molecular flexibility index (Phi) is 7.44. The topological polar surface area (TPSA) is 44.4 Å². The number of rotatable bonds is 6. The molecule has 2 fully saturated rings. The summed E-state index contributed by atoms with van der Waals surface area (Å²) in [6.45, 7) is 0.850. The summed E-state index contributed by atoms with van der Waals surface area (Å²) in [7, 11) is 0. The number of benzene rings is 1. The van der Waals surface area contributed by atoms with Gasteiger partial charge in [0.1, 0.15) is 5.82 Å². The van der Waals surface area contributed by atoms with Crippen LogP contribution in [0.25, 0.3) is 0 Å². The quantitative estimate of drug-likeness (QED) is 0.722. The number of nitrogens with one attached hydrogen (secondary N) is 2. The van der Waals surface area contributed by atoms with Crippen molar-refractivity contribution < 1.29 is 9.18 Å². The lowest BCUT2D eigenvalue weighted by Crippen LogP contribution is -2.49. The van der Waals surface area contributed by atoms with Crippen LogP contribution in [0.3, 0.4) is 0 Å². The van der Waals surface area contributed by atoms with Crippen LogP contribution in [0.2, 0.25) is 0 Å². The smallest absolute Gasteiger partial charge is 0.239 e. The summed E-state index contributed by atoms with van der Waals surface area (Å²) in [5.74, 6) is -0.220. The molecule has 0 saturated heterocycles. The third-order valence-corrected chi connectivity index (χ3v) is 6.04. The van der Waals surface area contributed by atoms with Crippen LogP contribution in [0.5, 0.6) is 0 Å². The molecule has 148 valence electrons. The molecule has 0 radical (unpaired) electrons. The van der Waals surface area contributed by atoms with E-state index in [0.717, 1.165) is 31.2 Å². The van der Waals surface area contributed by atoms with Gasteiger partial charge in [0.05, 0.1) is 6.54 Å². The zero-order valence-corrected chi connectivity index (χ0v) is 16.7. The molecule has 6 heteroatoms. The van der Waals surface area contributed by atoms with Gasteiger partial charge in [-0.3, -0.25) is 4.79 Å². The van der Waals surface area contributed by atoms with Gasteiger partial charge in [0.15, 0.2) is 5.11 Å². The van der Waals surface area contributed by atoms with Crippen molar-refractivity contribution in [1.82, 2.24) is 15.5 Å².